The second-order valence-corrected chi connectivity index (χ2v) is 7.87. The molecule has 7 nitrogen and oxygen atoms in total. The lowest BCUT2D eigenvalue weighted by molar-refractivity contribution is 0.0638. The molecular weight excluding hydrogens is 404 g/mol. The van der Waals surface area contributed by atoms with Gasteiger partial charge >= 0.3 is 0 Å². The molecule has 0 radical (unpaired) electrons. The molecule has 0 bridgehead atoms. The normalized spacial score (nSPS) is 14.4. The van der Waals surface area contributed by atoms with Crippen molar-refractivity contribution in [2.45, 2.75) is 13.3 Å². The zero-order chi connectivity index (χ0) is 22.5. The Hall–Kier alpha value is -3.32. The third-order valence-corrected chi connectivity index (χ3v) is 5.83. The highest BCUT2D eigenvalue weighted by Crippen LogP contribution is 2.35. The number of aromatic nitrogens is 2. The minimum absolute atomic E-state index is 0.00352. The number of amides is 1. The van der Waals surface area contributed by atoms with Gasteiger partial charge in [-0.3, -0.25) is 9.69 Å². The summed E-state index contributed by atoms with van der Waals surface area (Å²) < 4.78 is 12.7. The summed E-state index contributed by atoms with van der Waals surface area (Å²) in [5.41, 5.74) is 2.83. The molecular formula is C25H30N4O3. The Balaban J connectivity index is 1.73. The van der Waals surface area contributed by atoms with E-state index in [2.05, 4.69) is 11.8 Å². The van der Waals surface area contributed by atoms with Crippen LogP contribution in [0.2, 0.25) is 0 Å². The Kier molecular flexibility index (Phi) is 6.75. The largest absolute Gasteiger partial charge is 0.497 e. The van der Waals surface area contributed by atoms with Gasteiger partial charge in [-0.1, -0.05) is 25.1 Å². The molecule has 1 aliphatic rings. The SMILES string of the molecule is CCCN1CCN(C(=O)c2cn(-c3ccccc3)nc2-c2ccc(OC)cc2OC)CC1. The predicted octanol–water partition coefficient (Wildman–Crippen LogP) is 3.72. The van der Waals surface area contributed by atoms with Gasteiger partial charge in [-0.2, -0.15) is 5.10 Å². The molecule has 2 aromatic carbocycles. The monoisotopic (exact) mass is 434 g/mol. The fraction of sp³-hybridized carbons (Fsp3) is 0.360. The Labute approximate surface area is 189 Å². The van der Waals surface area contributed by atoms with Crippen LogP contribution >= 0.6 is 0 Å². The standard InChI is InChI=1S/C25H30N4O3/c1-4-12-27-13-15-28(16-14-27)25(30)22-18-29(19-8-6-5-7-9-19)26-24(22)21-11-10-20(31-2)17-23(21)32-3/h5-11,17-18H,4,12-16H2,1-3H3. The highest BCUT2D eigenvalue weighted by molar-refractivity contribution is 6.00. The maximum atomic E-state index is 13.6. The molecule has 32 heavy (non-hydrogen) atoms. The molecule has 0 N–H and O–H groups in total. The van der Waals surface area contributed by atoms with Gasteiger partial charge in [0.25, 0.3) is 5.91 Å². The van der Waals surface area contributed by atoms with Gasteiger partial charge < -0.3 is 14.4 Å². The quantitative estimate of drug-likeness (QED) is 0.567. The molecule has 1 saturated heterocycles. The minimum Gasteiger partial charge on any atom is -0.497 e. The van der Waals surface area contributed by atoms with Crippen molar-refractivity contribution >= 4 is 5.91 Å². The number of piperazine rings is 1. The predicted molar refractivity (Wildman–Crippen MR) is 125 cm³/mol. The van der Waals surface area contributed by atoms with E-state index in [1.165, 1.54) is 0 Å². The maximum absolute atomic E-state index is 13.6. The van der Waals surface area contributed by atoms with E-state index < -0.39 is 0 Å². The molecule has 0 spiro atoms. The zero-order valence-electron chi connectivity index (χ0n) is 19.0. The van der Waals surface area contributed by atoms with E-state index in [-0.39, 0.29) is 5.91 Å². The van der Waals surface area contributed by atoms with Crippen molar-refractivity contribution in [1.82, 2.24) is 19.6 Å². The van der Waals surface area contributed by atoms with Gasteiger partial charge in [0, 0.05) is 44.0 Å². The summed E-state index contributed by atoms with van der Waals surface area (Å²) in [5, 5.41) is 4.81. The zero-order valence-corrected chi connectivity index (χ0v) is 19.0. The smallest absolute Gasteiger partial charge is 0.257 e. The van der Waals surface area contributed by atoms with Gasteiger partial charge in [0.05, 0.1) is 25.5 Å². The highest BCUT2D eigenvalue weighted by atomic mass is 16.5. The Morgan fingerprint density at radius 1 is 1.00 bits per heavy atom. The lowest BCUT2D eigenvalue weighted by atomic mass is 10.1. The summed E-state index contributed by atoms with van der Waals surface area (Å²) in [6.45, 7) is 6.48. The number of methoxy groups -OCH3 is 2. The number of para-hydroxylation sites is 1. The first-order valence-corrected chi connectivity index (χ1v) is 11.0. The van der Waals surface area contributed by atoms with Crippen molar-refractivity contribution < 1.29 is 14.3 Å². The molecule has 0 saturated carbocycles. The summed E-state index contributed by atoms with van der Waals surface area (Å²) in [6, 6.07) is 15.4. The average Bonchev–Trinajstić information content (AvgIpc) is 3.29. The van der Waals surface area contributed by atoms with Crippen LogP contribution in [0.5, 0.6) is 11.5 Å². The molecule has 2 heterocycles. The molecule has 1 amide bonds. The van der Waals surface area contributed by atoms with E-state index in [0.29, 0.717) is 35.8 Å². The van der Waals surface area contributed by atoms with Crippen LogP contribution < -0.4 is 9.47 Å². The minimum atomic E-state index is -0.00352. The fourth-order valence-electron chi connectivity index (χ4n) is 4.10. The van der Waals surface area contributed by atoms with E-state index in [9.17, 15) is 4.79 Å². The van der Waals surface area contributed by atoms with Crippen molar-refractivity contribution in [2.24, 2.45) is 0 Å². The Bertz CT molecular complexity index is 1060. The molecule has 0 atom stereocenters. The summed E-state index contributed by atoms with van der Waals surface area (Å²) >= 11 is 0. The van der Waals surface area contributed by atoms with E-state index in [0.717, 1.165) is 37.3 Å². The fourth-order valence-corrected chi connectivity index (χ4v) is 4.10. The van der Waals surface area contributed by atoms with Gasteiger partial charge in [-0.25, -0.2) is 4.68 Å². The van der Waals surface area contributed by atoms with Crippen molar-refractivity contribution in [3.05, 3.63) is 60.3 Å². The van der Waals surface area contributed by atoms with Gasteiger partial charge in [0.2, 0.25) is 0 Å². The molecule has 0 aliphatic carbocycles. The molecule has 4 rings (SSSR count). The van der Waals surface area contributed by atoms with Crippen LogP contribution in [0.3, 0.4) is 0 Å². The second-order valence-electron chi connectivity index (χ2n) is 7.87. The number of hydrogen-bond acceptors (Lipinski definition) is 5. The number of carbonyl (C=O) groups excluding carboxylic acids is 1. The number of nitrogens with zero attached hydrogens (tertiary/aromatic N) is 4. The number of rotatable bonds is 7. The van der Waals surface area contributed by atoms with Gasteiger partial charge in [-0.05, 0) is 37.2 Å². The Morgan fingerprint density at radius 3 is 2.41 bits per heavy atom. The topological polar surface area (TPSA) is 59.8 Å². The van der Waals surface area contributed by atoms with Crippen molar-refractivity contribution in [3.8, 4) is 28.4 Å². The molecule has 3 aromatic rings. The lowest BCUT2D eigenvalue weighted by Gasteiger charge is -2.34. The van der Waals surface area contributed by atoms with Crippen molar-refractivity contribution in [1.29, 1.82) is 0 Å². The first-order chi connectivity index (χ1) is 15.6. The molecule has 7 heteroatoms. The second kappa shape index (κ2) is 9.87. The molecule has 168 valence electrons. The summed E-state index contributed by atoms with van der Waals surface area (Å²) in [7, 11) is 3.23. The first kappa shape index (κ1) is 21.9. The third kappa shape index (κ3) is 4.48. The Morgan fingerprint density at radius 2 is 1.75 bits per heavy atom. The molecule has 1 fully saturated rings. The number of carbonyl (C=O) groups is 1. The van der Waals surface area contributed by atoms with Crippen LogP contribution in [0.25, 0.3) is 16.9 Å². The van der Waals surface area contributed by atoms with Crippen LogP contribution in [0, 0.1) is 0 Å². The van der Waals surface area contributed by atoms with E-state index >= 15 is 0 Å². The summed E-state index contributed by atoms with van der Waals surface area (Å²) in [4.78, 5) is 18.0. The first-order valence-electron chi connectivity index (χ1n) is 11.0. The average molecular weight is 435 g/mol. The number of benzene rings is 2. The van der Waals surface area contributed by atoms with Crippen LogP contribution in [0.15, 0.2) is 54.7 Å². The lowest BCUT2D eigenvalue weighted by Crippen LogP contribution is -2.48. The molecule has 1 aliphatic heterocycles. The maximum Gasteiger partial charge on any atom is 0.257 e. The van der Waals surface area contributed by atoms with E-state index in [1.807, 2.05) is 59.6 Å². The summed E-state index contributed by atoms with van der Waals surface area (Å²) in [6.07, 6.45) is 2.95. The third-order valence-electron chi connectivity index (χ3n) is 5.83. The summed E-state index contributed by atoms with van der Waals surface area (Å²) in [5.74, 6) is 1.30. The number of ether oxygens (including phenoxy) is 2. The molecule has 1 aromatic heterocycles. The van der Waals surface area contributed by atoms with Crippen molar-refractivity contribution in [2.75, 3.05) is 46.9 Å². The number of hydrogen-bond donors (Lipinski definition) is 0. The van der Waals surface area contributed by atoms with Crippen LogP contribution in [0.1, 0.15) is 23.7 Å². The van der Waals surface area contributed by atoms with Crippen LogP contribution in [-0.2, 0) is 0 Å². The van der Waals surface area contributed by atoms with Gasteiger partial charge in [0.15, 0.2) is 0 Å². The highest BCUT2D eigenvalue weighted by Gasteiger charge is 2.27. The van der Waals surface area contributed by atoms with Crippen LogP contribution in [-0.4, -0.2) is 72.4 Å². The van der Waals surface area contributed by atoms with E-state index in [4.69, 9.17) is 14.6 Å². The van der Waals surface area contributed by atoms with Crippen molar-refractivity contribution in [3.63, 3.8) is 0 Å². The van der Waals surface area contributed by atoms with Crippen LogP contribution in [0.4, 0.5) is 0 Å². The van der Waals surface area contributed by atoms with Gasteiger partial charge in [-0.15, -0.1) is 0 Å². The van der Waals surface area contributed by atoms with Gasteiger partial charge in [0.1, 0.15) is 17.2 Å². The van der Waals surface area contributed by atoms with E-state index in [1.54, 1.807) is 18.9 Å². The molecule has 0 unspecified atom stereocenters.